The van der Waals surface area contributed by atoms with Gasteiger partial charge in [-0.1, -0.05) is 28.1 Å². The second kappa shape index (κ2) is 9.00. The average Bonchev–Trinajstić information content (AvgIpc) is 2.84. The molecule has 5 aliphatic rings. The van der Waals surface area contributed by atoms with Crippen molar-refractivity contribution in [3.8, 4) is 11.3 Å². The summed E-state index contributed by atoms with van der Waals surface area (Å²) in [5.74, 6) is 2.88. The van der Waals surface area contributed by atoms with Gasteiger partial charge >= 0.3 is 0 Å². The number of fused-ring (bicyclic) bond motifs is 3. The lowest BCUT2D eigenvalue weighted by atomic mass is 9.48. The smallest absolute Gasteiger partial charge is 0.229 e. The molecule has 190 valence electrons. The molecule has 0 unspecified atom stereocenters. The summed E-state index contributed by atoms with van der Waals surface area (Å²) in [6.45, 7) is 0. The van der Waals surface area contributed by atoms with Gasteiger partial charge in [-0.25, -0.2) is 14.4 Å². The highest BCUT2D eigenvalue weighted by atomic mass is 79.9. The summed E-state index contributed by atoms with van der Waals surface area (Å²) in [6, 6.07) is 12.8. The molecule has 4 nitrogen and oxygen atoms in total. The molecule has 4 saturated carbocycles. The molecule has 1 aromatic heterocycles. The molecule has 1 amide bonds. The molecule has 2 aromatic carbocycles. The number of anilines is 1. The van der Waals surface area contributed by atoms with Crippen molar-refractivity contribution in [1.82, 2.24) is 9.97 Å². The van der Waals surface area contributed by atoms with E-state index in [0.29, 0.717) is 18.7 Å². The second-order valence-corrected chi connectivity index (χ2v) is 13.0. The lowest BCUT2D eigenvalue weighted by Gasteiger charge is -2.57. The number of amides is 1. The number of nitrogens with one attached hydrogen (secondary N) is 1. The zero-order valence-corrected chi connectivity index (χ0v) is 22.5. The summed E-state index contributed by atoms with van der Waals surface area (Å²) in [7, 11) is 0. The van der Waals surface area contributed by atoms with Gasteiger partial charge in [-0.05, 0) is 122 Å². The van der Waals surface area contributed by atoms with E-state index >= 15 is 0 Å². The van der Waals surface area contributed by atoms with Gasteiger partial charge in [0.15, 0.2) is 5.82 Å². The second-order valence-electron chi connectivity index (χ2n) is 12.1. The van der Waals surface area contributed by atoms with Crippen LogP contribution in [0.4, 0.5) is 10.2 Å². The predicted octanol–water partition coefficient (Wildman–Crippen LogP) is 7.08. The molecule has 0 aliphatic heterocycles. The first-order valence-corrected chi connectivity index (χ1v) is 14.4. The fraction of sp³-hybridized carbons (Fsp3) is 0.452. The molecule has 3 aromatic rings. The maximum atomic E-state index is 14.0. The molecule has 4 fully saturated rings. The molecule has 4 bridgehead atoms. The fourth-order valence-electron chi connectivity index (χ4n) is 8.20. The minimum Gasteiger partial charge on any atom is -0.309 e. The van der Waals surface area contributed by atoms with E-state index in [4.69, 9.17) is 9.97 Å². The maximum Gasteiger partial charge on any atom is 0.229 e. The number of nitrogens with zero attached hydrogens (tertiary/aromatic N) is 2. The number of aromatic nitrogens is 2. The van der Waals surface area contributed by atoms with Crippen molar-refractivity contribution in [2.45, 2.75) is 64.2 Å². The molecular formula is C31H31BrFN3O. The highest BCUT2D eigenvalue weighted by Gasteiger charge is 2.51. The lowest BCUT2D eigenvalue weighted by molar-refractivity contribution is -0.115. The predicted molar refractivity (Wildman–Crippen MR) is 146 cm³/mol. The Morgan fingerprint density at radius 2 is 1.68 bits per heavy atom. The van der Waals surface area contributed by atoms with Crippen molar-refractivity contribution in [2.24, 2.45) is 23.2 Å². The van der Waals surface area contributed by atoms with E-state index in [9.17, 15) is 9.18 Å². The van der Waals surface area contributed by atoms with Crippen LogP contribution in [-0.2, 0) is 30.5 Å². The maximum absolute atomic E-state index is 14.0. The number of hydrogen-bond acceptors (Lipinski definition) is 3. The van der Waals surface area contributed by atoms with E-state index in [0.717, 1.165) is 68.8 Å². The molecule has 37 heavy (non-hydrogen) atoms. The highest BCUT2D eigenvalue weighted by Crippen LogP contribution is 2.61. The van der Waals surface area contributed by atoms with Crippen molar-refractivity contribution in [3.63, 3.8) is 0 Å². The summed E-state index contributed by atoms with van der Waals surface area (Å²) in [5, 5.41) is 3.16. The number of halogens is 2. The number of hydrogen-bond donors (Lipinski definition) is 1. The SMILES string of the molecule is O=C(Cc1ccc(Br)cc1)Nc1nc2c(nc1CC13CC4CC(CC(C4)C1)C3)-c1ccc(F)cc1CC2. The molecule has 1 heterocycles. The zero-order chi connectivity index (χ0) is 25.1. The van der Waals surface area contributed by atoms with Gasteiger partial charge in [-0.15, -0.1) is 0 Å². The van der Waals surface area contributed by atoms with E-state index < -0.39 is 0 Å². The molecule has 5 aliphatic carbocycles. The Balaban J connectivity index is 1.24. The molecule has 0 radical (unpaired) electrons. The Morgan fingerprint density at radius 1 is 0.973 bits per heavy atom. The standard InChI is InChI=1S/C31H31BrFN3O/c32-23-4-1-18(2-5-23)12-28(37)36-30-27(17-31-14-19-9-20(15-31)11-21(10-19)16-31)34-29-25-7-6-24(33)13-22(25)3-8-26(29)35-30/h1-2,4-7,13,19-21H,3,8-12,14-17H2,(H,35,36,37). The molecule has 8 rings (SSSR count). The van der Waals surface area contributed by atoms with Gasteiger partial charge in [0.05, 0.1) is 23.5 Å². The van der Waals surface area contributed by atoms with Crippen LogP contribution >= 0.6 is 15.9 Å². The minimum atomic E-state index is -0.208. The van der Waals surface area contributed by atoms with Crippen molar-refractivity contribution in [1.29, 1.82) is 0 Å². The summed E-state index contributed by atoms with van der Waals surface area (Å²) < 4.78 is 15.0. The summed E-state index contributed by atoms with van der Waals surface area (Å²) in [4.78, 5) is 23.4. The van der Waals surface area contributed by atoms with Gasteiger partial charge < -0.3 is 5.32 Å². The number of carbonyl (C=O) groups is 1. The Hall–Kier alpha value is -2.60. The molecule has 0 spiro atoms. The van der Waals surface area contributed by atoms with Gasteiger partial charge in [0.2, 0.25) is 5.91 Å². The Bertz CT molecular complexity index is 1350. The van der Waals surface area contributed by atoms with E-state index in [-0.39, 0.29) is 17.1 Å². The summed E-state index contributed by atoms with van der Waals surface area (Å²) >= 11 is 3.46. The van der Waals surface area contributed by atoms with Gasteiger partial charge in [0, 0.05) is 10.0 Å². The minimum absolute atomic E-state index is 0.0679. The topological polar surface area (TPSA) is 54.9 Å². The van der Waals surface area contributed by atoms with E-state index in [2.05, 4.69) is 21.2 Å². The molecule has 0 saturated heterocycles. The quantitative estimate of drug-likeness (QED) is 0.363. The van der Waals surface area contributed by atoms with Crippen molar-refractivity contribution in [3.05, 3.63) is 75.3 Å². The number of benzene rings is 2. The first kappa shape index (κ1) is 23.5. The van der Waals surface area contributed by atoms with Crippen molar-refractivity contribution >= 4 is 27.7 Å². The average molecular weight is 561 g/mol. The fourth-order valence-corrected chi connectivity index (χ4v) is 8.46. The van der Waals surface area contributed by atoms with E-state index in [1.54, 1.807) is 6.07 Å². The van der Waals surface area contributed by atoms with Crippen LogP contribution in [0.3, 0.4) is 0 Å². The van der Waals surface area contributed by atoms with Crippen LogP contribution in [0.2, 0.25) is 0 Å². The first-order valence-electron chi connectivity index (χ1n) is 13.6. The number of aryl methyl sites for hydroxylation is 2. The van der Waals surface area contributed by atoms with Gasteiger partial charge in [-0.2, -0.15) is 0 Å². The largest absolute Gasteiger partial charge is 0.309 e. The monoisotopic (exact) mass is 559 g/mol. The molecule has 6 heteroatoms. The summed E-state index contributed by atoms with van der Waals surface area (Å²) in [5.41, 5.74) is 5.87. The summed E-state index contributed by atoms with van der Waals surface area (Å²) in [6.07, 6.45) is 10.6. The third kappa shape index (κ3) is 4.52. The van der Waals surface area contributed by atoms with Crippen LogP contribution in [-0.4, -0.2) is 15.9 Å². The van der Waals surface area contributed by atoms with E-state index in [1.807, 2.05) is 30.3 Å². The van der Waals surface area contributed by atoms with E-state index in [1.165, 1.54) is 44.6 Å². The lowest BCUT2D eigenvalue weighted by Crippen LogP contribution is -2.47. The third-order valence-corrected chi connectivity index (χ3v) is 9.77. The van der Waals surface area contributed by atoms with Crippen LogP contribution in [0.5, 0.6) is 0 Å². The van der Waals surface area contributed by atoms with Crippen LogP contribution in [0.25, 0.3) is 11.3 Å². The molecule has 1 N–H and O–H groups in total. The number of rotatable bonds is 5. The van der Waals surface area contributed by atoms with Crippen LogP contribution < -0.4 is 5.32 Å². The van der Waals surface area contributed by atoms with Crippen molar-refractivity contribution < 1.29 is 9.18 Å². The van der Waals surface area contributed by atoms with Crippen molar-refractivity contribution in [2.75, 3.05) is 5.32 Å². The highest BCUT2D eigenvalue weighted by molar-refractivity contribution is 9.10. The van der Waals surface area contributed by atoms with Gasteiger partial charge in [-0.3, -0.25) is 4.79 Å². The van der Waals surface area contributed by atoms with Crippen LogP contribution in [0.15, 0.2) is 46.9 Å². The molecule has 0 atom stereocenters. The third-order valence-electron chi connectivity index (χ3n) is 9.24. The zero-order valence-electron chi connectivity index (χ0n) is 20.9. The normalized spacial score (nSPS) is 27.0. The van der Waals surface area contributed by atoms with Gasteiger partial charge in [0.1, 0.15) is 5.82 Å². The Kier molecular flexibility index (Phi) is 5.72. The van der Waals surface area contributed by atoms with Crippen LogP contribution in [0.1, 0.15) is 61.0 Å². The Morgan fingerprint density at radius 3 is 2.38 bits per heavy atom. The van der Waals surface area contributed by atoms with Gasteiger partial charge in [0.25, 0.3) is 0 Å². The first-order chi connectivity index (χ1) is 17.9. The number of carbonyl (C=O) groups excluding carboxylic acids is 1. The Labute approximate surface area is 225 Å². The van der Waals surface area contributed by atoms with Crippen LogP contribution in [0, 0.1) is 29.0 Å². The molecular weight excluding hydrogens is 529 g/mol.